The molecule has 0 aromatic heterocycles. The first-order valence-electron chi connectivity index (χ1n) is 7.47. The van der Waals surface area contributed by atoms with Gasteiger partial charge in [0.25, 0.3) is 5.91 Å². The molecule has 0 saturated carbocycles. The summed E-state index contributed by atoms with van der Waals surface area (Å²) in [6, 6.07) is 2.82. The summed E-state index contributed by atoms with van der Waals surface area (Å²) in [4.78, 5) is 26.0. The van der Waals surface area contributed by atoms with E-state index in [1.165, 1.54) is 12.1 Å². The van der Waals surface area contributed by atoms with E-state index in [1.54, 1.807) is 4.90 Å². The molecule has 0 spiro atoms. The molecule has 1 aromatic rings. The first-order valence-corrected chi connectivity index (χ1v) is 8.23. The molecule has 2 atom stereocenters. The van der Waals surface area contributed by atoms with Crippen molar-refractivity contribution in [1.82, 2.24) is 4.90 Å². The number of halogens is 2. The van der Waals surface area contributed by atoms with Crippen LogP contribution in [0.1, 0.15) is 30.6 Å². The van der Waals surface area contributed by atoms with E-state index in [4.69, 9.17) is 33.7 Å². The van der Waals surface area contributed by atoms with E-state index < -0.39 is 5.97 Å². The molecule has 1 aromatic carbocycles. The lowest BCUT2D eigenvalue weighted by Crippen LogP contribution is -2.44. The molecule has 5 nitrogen and oxygen atoms in total. The molecule has 0 unspecified atom stereocenters. The van der Waals surface area contributed by atoms with Gasteiger partial charge in [0.1, 0.15) is 0 Å². The van der Waals surface area contributed by atoms with Crippen molar-refractivity contribution in [1.29, 1.82) is 0 Å². The maximum absolute atomic E-state index is 12.2. The highest BCUT2D eigenvalue weighted by atomic mass is 35.5. The van der Waals surface area contributed by atoms with Crippen LogP contribution in [0.4, 0.5) is 5.69 Å². The number of likely N-dealkylation sites (tertiary alicyclic amines) is 1. The largest absolute Gasteiger partial charge is 0.452 e. The van der Waals surface area contributed by atoms with E-state index in [0.29, 0.717) is 24.9 Å². The number of nitrogens with two attached hydrogens (primary N) is 1. The molecule has 126 valence electrons. The number of amides is 1. The van der Waals surface area contributed by atoms with Gasteiger partial charge in [-0.05, 0) is 30.4 Å². The topological polar surface area (TPSA) is 72.6 Å². The fourth-order valence-electron chi connectivity index (χ4n) is 2.92. The van der Waals surface area contributed by atoms with Gasteiger partial charge >= 0.3 is 5.97 Å². The minimum Gasteiger partial charge on any atom is -0.452 e. The van der Waals surface area contributed by atoms with E-state index in [9.17, 15) is 9.59 Å². The van der Waals surface area contributed by atoms with Crippen LogP contribution < -0.4 is 5.73 Å². The Hall–Kier alpha value is -1.46. The summed E-state index contributed by atoms with van der Waals surface area (Å²) in [5.74, 6) is -0.0247. The maximum atomic E-state index is 12.2. The fraction of sp³-hybridized carbons (Fsp3) is 0.500. The number of esters is 1. The van der Waals surface area contributed by atoms with Crippen LogP contribution in [0.3, 0.4) is 0 Å². The quantitative estimate of drug-likeness (QED) is 0.664. The monoisotopic (exact) mass is 358 g/mol. The second-order valence-corrected chi connectivity index (χ2v) is 7.01. The lowest BCUT2D eigenvalue weighted by molar-refractivity contribution is -0.137. The summed E-state index contributed by atoms with van der Waals surface area (Å²) in [5, 5.41) is 0.454. The average Bonchev–Trinajstić information content (AvgIpc) is 2.47. The van der Waals surface area contributed by atoms with Gasteiger partial charge in [-0.1, -0.05) is 37.0 Å². The predicted octanol–water partition coefficient (Wildman–Crippen LogP) is 3.24. The van der Waals surface area contributed by atoms with Gasteiger partial charge in [0, 0.05) is 18.1 Å². The molecule has 1 saturated heterocycles. The van der Waals surface area contributed by atoms with E-state index in [1.807, 2.05) is 0 Å². The molecule has 0 bridgehead atoms. The van der Waals surface area contributed by atoms with Crippen molar-refractivity contribution >= 4 is 40.8 Å². The molecular formula is C16H20Cl2N2O3. The molecular weight excluding hydrogens is 339 g/mol. The molecule has 2 rings (SSSR count). The number of carbonyl (C=O) groups excluding carboxylic acids is 2. The summed E-state index contributed by atoms with van der Waals surface area (Å²) in [7, 11) is 0. The zero-order chi connectivity index (χ0) is 17.1. The standard InChI is InChI=1S/C16H20Cl2N2O3/c1-9-3-10(2)7-20(6-9)14(21)8-23-16(22)12-4-11(17)5-13(18)15(12)19/h4-5,9-10H,3,6-8,19H2,1-2H3/t9-,10+. The van der Waals surface area contributed by atoms with Crippen molar-refractivity contribution in [3.05, 3.63) is 27.7 Å². The minimum atomic E-state index is -0.710. The third-order valence-electron chi connectivity index (χ3n) is 3.86. The Morgan fingerprint density at radius 3 is 2.48 bits per heavy atom. The van der Waals surface area contributed by atoms with Crippen molar-refractivity contribution < 1.29 is 14.3 Å². The number of hydrogen-bond acceptors (Lipinski definition) is 4. The van der Waals surface area contributed by atoms with Gasteiger partial charge < -0.3 is 15.4 Å². The smallest absolute Gasteiger partial charge is 0.340 e. The molecule has 0 radical (unpaired) electrons. The molecule has 7 heteroatoms. The lowest BCUT2D eigenvalue weighted by Gasteiger charge is -2.34. The zero-order valence-corrected chi connectivity index (χ0v) is 14.7. The molecule has 1 amide bonds. The van der Waals surface area contributed by atoms with E-state index in [-0.39, 0.29) is 33.8 Å². The van der Waals surface area contributed by atoms with E-state index in [2.05, 4.69) is 13.8 Å². The first kappa shape index (κ1) is 17.9. The van der Waals surface area contributed by atoms with Gasteiger partial charge in [-0.15, -0.1) is 0 Å². The molecule has 1 aliphatic heterocycles. The van der Waals surface area contributed by atoms with Crippen LogP contribution >= 0.6 is 23.2 Å². The van der Waals surface area contributed by atoms with Gasteiger partial charge in [0.05, 0.1) is 16.3 Å². The predicted molar refractivity (Wildman–Crippen MR) is 90.7 cm³/mol. The number of ether oxygens (including phenoxy) is 1. The number of nitrogens with zero attached hydrogens (tertiary/aromatic N) is 1. The lowest BCUT2D eigenvalue weighted by atomic mass is 9.92. The van der Waals surface area contributed by atoms with Crippen LogP contribution in [-0.4, -0.2) is 36.5 Å². The Balaban J connectivity index is 1.98. The first-order chi connectivity index (χ1) is 10.8. The number of carbonyl (C=O) groups is 2. The third kappa shape index (κ3) is 4.52. The highest BCUT2D eigenvalue weighted by Gasteiger charge is 2.26. The van der Waals surface area contributed by atoms with Crippen molar-refractivity contribution in [3.63, 3.8) is 0 Å². The van der Waals surface area contributed by atoms with Crippen LogP contribution in [0.2, 0.25) is 10.0 Å². The van der Waals surface area contributed by atoms with E-state index in [0.717, 1.165) is 6.42 Å². The van der Waals surface area contributed by atoms with E-state index >= 15 is 0 Å². The molecule has 23 heavy (non-hydrogen) atoms. The van der Waals surface area contributed by atoms with Gasteiger partial charge in [0.15, 0.2) is 6.61 Å². The van der Waals surface area contributed by atoms with Gasteiger partial charge in [0.2, 0.25) is 0 Å². The maximum Gasteiger partial charge on any atom is 0.340 e. The van der Waals surface area contributed by atoms with Crippen LogP contribution in [0.5, 0.6) is 0 Å². The normalized spacial score (nSPS) is 21.1. The van der Waals surface area contributed by atoms with Gasteiger partial charge in [-0.25, -0.2) is 4.79 Å². The van der Waals surface area contributed by atoms with Crippen molar-refractivity contribution in [3.8, 4) is 0 Å². The van der Waals surface area contributed by atoms with Crippen LogP contribution in [0, 0.1) is 11.8 Å². The van der Waals surface area contributed by atoms with Crippen molar-refractivity contribution in [2.45, 2.75) is 20.3 Å². The molecule has 1 aliphatic rings. The minimum absolute atomic E-state index is 0.0654. The Bertz CT molecular complexity index is 612. The summed E-state index contributed by atoms with van der Waals surface area (Å²) < 4.78 is 5.08. The van der Waals surface area contributed by atoms with Crippen LogP contribution in [0.25, 0.3) is 0 Å². The fourth-order valence-corrected chi connectivity index (χ4v) is 3.41. The van der Waals surface area contributed by atoms with Gasteiger partial charge in [-0.2, -0.15) is 0 Å². The third-order valence-corrected chi connectivity index (χ3v) is 4.39. The highest BCUT2D eigenvalue weighted by Crippen LogP contribution is 2.28. The van der Waals surface area contributed by atoms with Crippen LogP contribution in [-0.2, 0) is 9.53 Å². The second kappa shape index (κ2) is 7.41. The van der Waals surface area contributed by atoms with Crippen LogP contribution in [0.15, 0.2) is 12.1 Å². The summed E-state index contributed by atoms with van der Waals surface area (Å²) >= 11 is 11.7. The Morgan fingerprint density at radius 1 is 1.26 bits per heavy atom. The van der Waals surface area contributed by atoms with Crippen molar-refractivity contribution in [2.24, 2.45) is 11.8 Å². The SMILES string of the molecule is C[C@@H]1C[C@H](C)CN(C(=O)COC(=O)c2cc(Cl)cc(Cl)c2N)C1. The summed E-state index contributed by atoms with van der Waals surface area (Å²) in [6.07, 6.45) is 1.10. The number of rotatable bonds is 3. The molecule has 0 aliphatic carbocycles. The number of hydrogen-bond donors (Lipinski definition) is 1. The summed E-state index contributed by atoms with van der Waals surface area (Å²) in [6.45, 7) is 5.27. The van der Waals surface area contributed by atoms with Crippen molar-refractivity contribution in [2.75, 3.05) is 25.4 Å². The van der Waals surface area contributed by atoms with Gasteiger partial charge in [-0.3, -0.25) is 4.79 Å². The molecule has 1 heterocycles. The average molecular weight is 359 g/mol. The Labute approximate surface area is 145 Å². The highest BCUT2D eigenvalue weighted by molar-refractivity contribution is 6.37. The number of anilines is 1. The summed E-state index contributed by atoms with van der Waals surface area (Å²) in [5.41, 5.74) is 5.91. The zero-order valence-electron chi connectivity index (χ0n) is 13.1. The Kier molecular flexibility index (Phi) is 5.76. The number of piperidine rings is 1. The number of nitrogen functional groups attached to an aromatic ring is 1. The molecule has 1 fully saturated rings. The number of benzene rings is 1. The second-order valence-electron chi connectivity index (χ2n) is 6.17. The Morgan fingerprint density at radius 2 is 1.87 bits per heavy atom. The molecule has 2 N–H and O–H groups in total.